The van der Waals surface area contributed by atoms with Gasteiger partial charge < -0.3 is 4.42 Å². The second-order valence-electron chi connectivity index (χ2n) is 12.0. The zero-order valence-corrected chi connectivity index (χ0v) is 25.6. The number of hydrogen-bond acceptors (Lipinski definition) is 2. The zero-order chi connectivity index (χ0) is 30.2. The monoisotopic (exact) mass is 602 g/mol. The summed E-state index contributed by atoms with van der Waals surface area (Å²) in [5.74, 6) is 0. The van der Waals surface area contributed by atoms with E-state index in [4.69, 9.17) is 4.42 Å². The largest absolute Gasteiger partial charge is 0.456 e. The summed E-state index contributed by atoms with van der Waals surface area (Å²) < 4.78 is 9.22. The molecule has 0 fully saturated rings. The van der Waals surface area contributed by atoms with Gasteiger partial charge in [-0.3, -0.25) is 0 Å². The lowest BCUT2D eigenvalue weighted by Crippen LogP contribution is -1.91. The molecule has 0 radical (unpaired) electrons. The molecule has 2 heterocycles. The average molecular weight is 603 g/mol. The molecule has 8 aromatic carbocycles. The standard InChI is InChI=1S/C44H26OS/c1-2-11-27(12-3-1)28-13-10-14-29(25-28)41-31-15-4-6-17-33(31)42(34-18-7-5-16-32(34)41)30-21-22-35-38(26-30)45-37-23-24-40-44(43(35)37)36-19-8-9-20-39(36)46-40/h1-26H. The highest BCUT2D eigenvalue weighted by molar-refractivity contribution is 7.26. The topological polar surface area (TPSA) is 13.1 Å². The maximum atomic E-state index is 6.62. The Morgan fingerprint density at radius 1 is 0.326 bits per heavy atom. The molecule has 10 rings (SSSR count). The second-order valence-corrected chi connectivity index (χ2v) is 13.1. The molecule has 10 aromatic rings. The molecule has 1 nitrogen and oxygen atoms in total. The van der Waals surface area contributed by atoms with Crippen molar-refractivity contribution in [1.29, 1.82) is 0 Å². The third-order valence-electron chi connectivity index (χ3n) is 9.45. The highest BCUT2D eigenvalue weighted by atomic mass is 32.1. The van der Waals surface area contributed by atoms with Crippen LogP contribution in [0.1, 0.15) is 0 Å². The van der Waals surface area contributed by atoms with Gasteiger partial charge in [-0.05, 0) is 91.3 Å². The molecule has 0 aliphatic rings. The maximum Gasteiger partial charge on any atom is 0.136 e. The fraction of sp³-hybridized carbons (Fsp3) is 0. The van der Waals surface area contributed by atoms with E-state index in [0.29, 0.717) is 0 Å². The number of fused-ring (bicyclic) bond motifs is 9. The lowest BCUT2D eigenvalue weighted by molar-refractivity contribution is 0.669. The van der Waals surface area contributed by atoms with Crippen LogP contribution >= 0.6 is 11.3 Å². The first-order valence-electron chi connectivity index (χ1n) is 15.7. The summed E-state index contributed by atoms with van der Waals surface area (Å²) in [6.07, 6.45) is 0. The first-order chi connectivity index (χ1) is 22.8. The molecular formula is C44H26OS. The molecule has 2 heteroatoms. The van der Waals surface area contributed by atoms with Gasteiger partial charge in [0.05, 0.1) is 0 Å². The lowest BCUT2D eigenvalue weighted by Gasteiger charge is -2.18. The van der Waals surface area contributed by atoms with Gasteiger partial charge in [-0.1, -0.05) is 121 Å². The third kappa shape index (κ3) is 3.74. The first-order valence-corrected chi connectivity index (χ1v) is 16.5. The van der Waals surface area contributed by atoms with Crippen molar-refractivity contribution in [2.24, 2.45) is 0 Å². The van der Waals surface area contributed by atoms with Gasteiger partial charge in [0.15, 0.2) is 0 Å². The van der Waals surface area contributed by atoms with E-state index < -0.39 is 0 Å². The van der Waals surface area contributed by atoms with Crippen molar-refractivity contribution in [2.75, 3.05) is 0 Å². The molecule has 0 spiro atoms. The van der Waals surface area contributed by atoms with E-state index in [0.717, 1.165) is 22.1 Å². The summed E-state index contributed by atoms with van der Waals surface area (Å²) in [7, 11) is 0. The van der Waals surface area contributed by atoms with Crippen LogP contribution in [0.4, 0.5) is 0 Å². The Kier molecular flexibility index (Phi) is 5.51. The predicted octanol–water partition coefficient (Wildman–Crippen LogP) is 13.3. The van der Waals surface area contributed by atoms with Gasteiger partial charge in [-0.25, -0.2) is 0 Å². The highest BCUT2D eigenvalue weighted by Gasteiger charge is 2.19. The van der Waals surface area contributed by atoms with E-state index in [9.17, 15) is 0 Å². The molecule has 0 amide bonds. The van der Waals surface area contributed by atoms with Gasteiger partial charge in [-0.15, -0.1) is 11.3 Å². The molecule has 46 heavy (non-hydrogen) atoms. The molecule has 0 atom stereocenters. The summed E-state index contributed by atoms with van der Waals surface area (Å²) in [5.41, 5.74) is 9.19. The molecule has 0 saturated heterocycles. The average Bonchev–Trinajstić information content (AvgIpc) is 3.68. The van der Waals surface area contributed by atoms with Crippen LogP contribution in [0.15, 0.2) is 162 Å². The minimum Gasteiger partial charge on any atom is -0.456 e. The van der Waals surface area contributed by atoms with Gasteiger partial charge in [0.1, 0.15) is 11.2 Å². The second kappa shape index (κ2) is 9.90. The van der Waals surface area contributed by atoms with Crippen LogP contribution in [-0.4, -0.2) is 0 Å². The van der Waals surface area contributed by atoms with Gasteiger partial charge in [0.2, 0.25) is 0 Å². The SMILES string of the molecule is c1ccc(-c2cccc(-c3c4ccccc4c(-c4ccc5c(c4)oc4ccc6sc7ccccc7c6c45)c4ccccc34)c2)cc1. The molecule has 214 valence electrons. The molecule has 0 saturated carbocycles. The van der Waals surface area contributed by atoms with Crippen LogP contribution in [0.2, 0.25) is 0 Å². The summed E-state index contributed by atoms with van der Waals surface area (Å²) in [4.78, 5) is 0. The van der Waals surface area contributed by atoms with Crippen molar-refractivity contribution < 1.29 is 4.42 Å². The first kappa shape index (κ1) is 25.6. The normalized spacial score (nSPS) is 11.9. The van der Waals surface area contributed by atoms with Crippen LogP contribution in [-0.2, 0) is 0 Å². The number of thiophene rings is 1. The maximum absolute atomic E-state index is 6.62. The van der Waals surface area contributed by atoms with Crippen LogP contribution in [0.5, 0.6) is 0 Å². The lowest BCUT2D eigenvalue weighted by atomic mass is 9.85. The number of furan rings is 1. The highest BCUT2D eigenvalue weighted by Crippen LogP contribution is 2.47. The Morgan fingerprint density at radius 2 is 0.913 bits per heavy atom. The Morgan fingerprint density at radius 3 is 1.63 bits per heavy atom. The number of rotatable bonds is 3. The minimum absolute atomic E-state index is 0.920. The summed E-state index contributed by atoms with van der Waals surface area (Å²) in [6.45, 7) is 0. The van der Waals surface area contributed by atoms with Gasteiger partial charge in [0.25, 0.3) is 0 Å². The fourth-order valence-corrected chi connectivity index (χ4v) is 8.59. The van der Waals surface area contributed by atoms with Crippen molar-refractivity contribution in [1.82, 2.24) is 0 Å². The molecule has 0 aliphatic carbocycles. The quantitative estimate of drug-likeness (QED) is 0.183. The Bertz CT molecular complexity index is 2740. The molecule has 0 N–H and O–H groups in total. The Balaban J connectivity index is 1.24. The van der Waals surface area contributed by atoms with Crippen LogP contribution < -0.4 is 0 Å². The van der Waals surface area contributed by atoms with Crippen molar-refractivity contribution >= 4 is 75.0 Å². The van der Waals surface area contributed by atoms with E-state index in [1.807, 2.05) is 11.3 Å². The molecule has 0 unspecified atom stereocenters. The van der Waals surface area contributed by atoms with Crippen molar-refractivity contribution in [2.45, 2.75) is 0 Å². The molecule has 0 bridgehead atoms. The van der Waals surface area contributed by atoms with Crippen LogP contribution in [0.3, 0.4) is 0 Å². The fourth-order valence-electron chi connectivity index (χ4n) is 7.47. The third-order valence-corrected chi connectivity index (χ3v) is 10.6. The van der Waals surface area contributed by atoms with Crippen LogP contribution in [0, 0.1) is 0 Å². The number of benzene rings is 8. The van der Waals surface area contributed by atoms with Crippen molar-refractivity contribution in [3.05, 3.63) is 158 Å². The Labute approximate surface area is 269 Å². The smallest absolute Gasteiger partial charge is 0.136 e. The Hall–Kier alpha value is -5.70. The van der Waals surface area contributed by atoms with E-state index in [2.05, 4.69) is 158 Å². The minimum atomic E-state index is 0.920. The molecular weight excluding hydrogens is 577 g/mol. The molecule has 2 aromatic heterocycles. The van der Waals surface area contributed by atoms with E-state index in [1.165, 1.54) is 74.9 Å². The zero-order valence-electron chi connectivity index (χ0n) is 24.8. The van der Waals surface area contributed by atoms with E-state index >= 15 is 0 Å². The molecule has 0 aliphatic heterocycles. The summed E-state index contributed by atoms with van der Waals surface area (Å²) in [6, 6.07) is 57.1. The summed E-state index contributed by atoms with van der Waals surface area (Å²) in [5, 5.41) is 9.93. The summed E-state index contributed by atoms with van der Waals surface area (Å²) >= 11 is 1.85. The van der Waals surface area contributed by atoms with Gasteiger partial charge in [-0.2, -0.15) is 0 Å². The van der Waals surface area contributed by atoms with Crippen molar-refractivity contribution in [3.8, 4) is 33.4 Å². The van der Waals surface area contributed by atoms with E-state index in [-0.39, 0.29) is 0 Å². The predicted molar refractivity (Wildman–Crippen MR) is 198 cm³/mol. The van der Waals surface area contributed by atoms with Crippen molar-refractivity contribution in [3.63, 3.8) is 0 Å². The van der Waals surface area contributed by atoms with E-state index in [1.54, 1.807) is 0 Å². The number of hydrogen-bond donors (Lipinski definition) is 0. The van der Waals surface area contributed by atoms with Gasteiger partial charge in [0, 0.05) is 30.9 Å². The van der Waals surface area contributed by atoms with Gasteiger partial charge >= 0.3 is 0 Å². The van der Waals surface area contributed by atoms with Crippen LogP contribution in [0.25, 0.3) is 97.0 Å².